The predicted molar refractivity (Wildman–Crippen MR) is 63.2 cm³/mol. The van der Waals surface area contributed by atoms with Gasteiger partial charge >= 0.3 is 0 Å². The molecule has 0 radical (unpaired) electrons. The predicted octanol–water partition coefficient (Wildman–Crippen LogP) is 1.01. The van der Waals surface area contributed by atoms with Gasteiger partial charge in [-0.1, -0.05) is 5.16 Å². The van der Waals surface area contributed by atoms with E-state index in [-0.39, 0.29) is 0 Å². The lowest BCUT2D eigenvalue weighted by atomic mass is 10.2. The van der Waals surface area contributed by atoms with E-state index in [1.807, 2.05) is 13.0 Å². The Bertz CT molecular complexity index is 387. The van der Waals surface area contributed by atoms with Crippen molar-refractivity contribution in [3.05, 3.63) is 17.5 Å². The van der Waals surface area contributed by atoms with Crippen molar-refractivity contribution in [2.24, 2.45) is 0 Å². The summed E-state index contributed by atoms with van der Waals surface area (Å²) in [6.07, 6.45) is 0.626. The van der Waals surface area contributed by atoms with Gasteiger partial charge in [-0.2, -0.15) is 5.26 Å². The molecule has 5 nitrogen and oxygen atoms in total. The van der Waals surface area contributed by atoms with Gasteiger partial charge in [-0.05, 0) is 6.92 Å². The van der Waals surface area contributed by atoms with Crippen molar-refractivity contribution in [2.75, 3.05) is 32.7 Å². The molecular weight excluding hydrogens is 216 g/mol. The molecule has 1 fully saturated rings. The zero-order valence-electron chi connectivity index (χ0n) is 10.2. The second kappa shape index (κ2) is 5.80. The van der Waals surface area contributed by atoms with Crippen molar-refractivity contribution in [1.82, 2.24) is 15.0 Å². The first-order valence-corrected chi connectivity index (χ1v) is 6.02. The van der Waals surface area contributed by atoms with Gasteiger partial charge in [0.15, 0.2) is 5.76 Å². The number of aryl methyl sites for hydroxylation is 1. The molecule has 0 atom stereocenters. The molecule has 1 aromatic heterocycles. The molecule has 92 valence electrons. The molecule has 1 saturated heterocycles. The van der Waals surface area contributed by atoms with E-state index in [2.05, 4.69) is 21.0 Å². The highest BCUT2D eigenvalue weighted by Crippen LogP contribution is 2.09. The van der Waals surface area contributed by atoms with Crippen molar-refractivity contribution in [3.63, 3.8) is 0 Å². The first kappa shape index (κ1) is 12.1. The number of piperazine rings is 1. The maximum atomic E-state index is 8.54. The van der Waals surface area contributed by atoms with Crippen LogP contribution in [-0.4, -0.2) is 47.7 Å². The molecular formula is C12H18N4O. The quantitative estimate of drug-likeness (QED) is 0.778. The Hall–Kier alpha value is -1.38. The molecule has 0 N–H and O–H groups in total. The smallest absolute Gasteiger partial charge is 0.150 e. The van der Waals surface area contributed by atoms with Crippen molar-refractivity contribution in [1.29, 1.82) is 5.26 Å². The Morgan fingerprint density at radius 2 is 2.06 bits per heavy atom. The second-order valence-electron chi connectivity index (χ2n) is 4.46. The summed E-state index contributed by atoms with van der Waals surface area (Å²) in [4.78, 5) is 4.70. The molecule has 0 spiro atoms. The van der Waals surface area contributed by atoms with Crippen LogP contribution >= 0.6 is 0 Å². The summed E-state index contributed by atoms with van der Waals surface area (Å²) in [5.74, 6) is 0.938. The van der Waals surface area contributed by atoms with Crippen LogP contribution in [0.2, 0.25) is 0 Å². The van der Waals surface area contributed by atoms with E-state index < -0.39 is 0 Å². The molecule has 0 aliphatic carbocycles. The van der Waals surface area contributed by atoms with Gasteiger partial charge in [0.25, 0.3) is 0 Å². The molecule has 1 aliphatic heterocycles. The van der Waals surface area contributed by atoms with Gasteiger partial charge in [0.2, 0.25) is 0 Å². The van der Waals surface area contributed by atoms with Crippen LogP contribution in [0.15, 0.2) is 10.6 Å². The number of aromatic nitrogens is 1. The summed E-state index contributed by atoms with van der Waals surface area (Å²) in [6.45, 7) is 7.81. The summed E-state index contributed by atoms with van der Waals surface area (Å²) in [7, 11) is 0. The first-order valence-electron chi connectivity index (χ1n) is 6.02. The monoisotopic (exact) mass is 234 g/mol. The summed E-state index contributed by atoms with van der Waals surface area (Å²) < 4.78 is 5.21. The summed E-state index contributed by atoms with van der Waals surface area (Å²) in [5.41, 5.74) is 0.938. The first-order chi connectivity index (χ1) is 8.28. The third-order valence-corrected chi connectivity index (χ3v) is 3.06. The molecule has 5 heteroatoms. The average molecular weight is 234 g/mol. The Labute approximate surface area is 102 Å². The van der Waals surface area contributed by atoms with Crippen molar-refractivity contribution in [2.45, 2.75) is 19.9 Å². The Morgan fingerprint density at radius 3 is 2.65 bits per heavy atom. The zero-order valence-corrected chi connectivity index (χ0v) is 10.2. The number of nitriles is 1. The van der Waals surface area contributed by atoms with Crippen LogP contribution < -0.4 is 0 Å². The zero-order chi connectivity index (χ0) is 12.1. The van der Waals surface area contributed by atoms with Crippen LogP contribution in [0.3, 0.4) is 0 Å². The highest BCUT2D eigenvalue weighted by Gasteiger charge is 2.17. The van der Waals surface area contributed by atoms with Crippen molar-refractivity contribution >= 4 is 0 Å². The van der Waals surface area contributed by atoms with Crippen LogP contribution in [-0.2, 0) is 6.54 Å². The lowest BCUT2D eigenvalue weighted by Gasteiger charge is -2.33. The maximum absolute atomic E-state index is 8.54. The largest absolute Gasteiger partial charge is 0.360 e. The minimum Gasteiger partial charge on any atom is -0.360 e. The fourth-order valence-electron chi connectivity index (χ4n) is 2.09. The molecule has 17 heavy (non-hydrogen) atoms. The molecule has 0 unspecified atom stereocenters. The topological polar surface area (TPSA) is 56.3 Å². The third-order valence-electron chi connectivity index (χ3n) is 3.06. The highest BCUT2D eigenvalue weighted by molar-refractivity contribution is 5.03. The minimum absolute atomic E-state index is 0.626. The number of hydrogen-bond donors (Lipinski definition) is 0. The maximum Gasteiger partial charge on any atom is 0.150 e. The van der Waals surface area contributed by atoms with E-state index in [0.29, 0.717) is 6.42 Å². The molecule has 1 aliphatic rings. The number of rotatable bonds is 4. The molecule has 2 heterocycles. The van der Waals surface area contributed by atoms with E-state index in [1.54, 1.807) is 0 Å². The van der Waals surface area contributed by atoms with Crippen molar-refractivity contribution in [3.8, 4) is 6.07 Å². The van der Waals surface area contributed by atoms with E-state index >= 15 is 0 Å². The Balaban J connectivity index is 1.74. The highest BCUT2D eigenvalue weighted by atomic mass is 16.5. The lowest BCUT2D eigenvalue weighted by molar-refractivity contribution is 0.120. The van der Waals surface area contributed by atoms with E-state index in [4.69, 9.17) is 9.78 Å². The molecule has 0 aromatic carbocycles. The Kier molecular flexibility index (Phi) is 4.13. The van der Waals surface area contributed by atoms with Gasteiger partial charge in [0.1, 0.15) is 0 Å². The number of nitrogens with zero attached hydrogens (tertiary/aromatic N) is 4. The molecule has 1 aromatic rings. The van der Waals surface area contributed by atoms with E-state index in [0.717, 1.165) is 50.7 Å². The molecule has 0 saturated carbocycles. The summed E-state index contributed by atoms with van der Waals surface area (Å²) in [6, 6.07) is 4.18. The molecule has 2 rings (SSSR count). The fraction of sp³-hybridized carbons (Fsp3) is 0.667. The number of hydrogen-bond acceptors (Lipinski definition) is 5. The van der Waals surface area contributed by atoms with Crippen molar-refractivity contribution < 1.29 is 4.52 Å². The lowest BCUT2D eigenvalue weighted by Crippen LogP contribution is -2.45. The Morgan fingerprint density at radius 1 is 1.35 bits per heavy atom. The average Bonchev–Trinajstić information content (AvgIpc) is 2.74. The van der Waals surface area contributed by atoms with Gasteiger partial charge < -0.3 is 4.52 Å². The van der Waals surface area contributed by atoms with E-state index in [1.165, 1.54) is 0 Å². The second-order valence-corrected chi connectivity index (χ2v) is 4.46. The summed E-state index contributed by atoms with van der Waals surface area (Å²) in [5, 5.41) is 12.4. The van der Waals surface area contributed by atoms with Gasteiger partial charge in [-0.15, -0.1) is 0 Å². The van der Waals surface area contributed by atoms with Gasteiger partial charge in [-0.25, -0.2) is 0 Å². The third kappa shape index (κ3) is 3.55. The summed E-state index contributed by atoms with van der Waals surface area (Å²) >= 11 is 0. The van der Waals surface area contributed by atoms with Crippen LogP contribution in [0.1, 0.15) is 17.9 Å². The van der Waals surface area contributed by atoms with Gasteiger partial charge in [-0.3, -0.25) is 9.80 Å². The standard InChI is InChI=1S/C12H18N4O/c1-11-9-12(17-14-11)10-16-7-5-15(6-8-16)4-2-3-13/h9H,2,4-8,10H2,1H3. The SMILES string of the molecule is Cc1cc(CN2CCN(CCC#N)CC2)on1. The van der Waals surface area contributed by atoms with Crippen LogP contribution in [0.25, 0.3) is 0 Å². The van der Waals surface area contributed by atoms with Crippen LogP contribution in [0, 0.1) is 18.3 Å². The minimum atomic E-state index is 0.626. The van der Waals surface area contributed by atoms with Crippen LogP contribution in [0.4, 0.5) is 0 Å². The normalized spacial score (nSPS) is 18.1. The van der Waals surface area contributed by atoms with E-state index in [9.17, 15) is 0 Å². The van der Waals surface area contributed by atoms with Gasteiger partial charge in [0, 0.05) is 45.2 Å². The fourth-order valence-corrected chi connectivity index (χ4v) is 2.09. The van der Waals surface area contributed by atoms with Gasteiger partial charge in [0.05, 0.1) is 18.3 Å². The molecule has 0 bridgehead atoms. The molecule has 0 amide bonds. The van der Waals surface area contributed by atoms with Crippen LogP contribution in [0.5, 0.6) is 0 Å².